The smallest absolute Gasteiger partial charge is 0.326 e. The number of esters is 1. The van der Waals surface area contributed by atoms with Gasteiger partial charge in [0.25, 0.3) is 5.91 Å². The van der Waals surface area contributed by atoms with Gasteiger partial charge in [0.15, 0.2) is 0 Å². The van der Waals surface area contributed by atoms with Crippen molar-refractivity contribution in [3.63, 3.8) is 0 Å². The van der Waals surface area contributed by atoms with Gasteiger partial charge in [0.05, 0.1) is 5.69 Å². The van der Waals surface area contributed by atoms with E-state index in [4.69, 9.17) is 14.7 Å². The molecule has 2 aliphatic rings. The van der Waals surface area contributed by atoms with Crippen LogP contribution in [0.5, 0.6) is 0 Å². The van der Waals surface area contributed by atoms with Gasteiger partial charge < -0.3 is 9.47 Å². The molecule has 0 spiro atoms. The molecule has 0 aromatic carbocycles. The second-order valence-corrected chi connectivity index (χ2v) is 7.26. The molecule has 0 bridgehead atoms. The molecule has 0 atom stereocenters. The third kappa shape index (κ3) is 5.37. The largest absolute Gasteiger partial charge is 0.461 e. The van der Waals surface area contributed by atoms with Crippen molar-refractivity contribution in [2.75, 3.05) is 13.2 Å². The number of carbonyl (C=O) groups is 2. The maximum atomic E-state index is 12.9. The van der Waals surface area contributed by atoms with Gasteiger partial charge in [0, 0.05) is 32.0 Å². The number of rotatable bonds is 7. The van der Waals surface area contributed by atoms with E-state index < -0.39 is 11.4 Å². The Morgan fingerprint density at radius 2 is 2.04 bits per heavy atom. The number of amides is 1. The molecule has 0 unspecified atom stereocenters. The van der Waals surface area contributed by atoms with E-state index in [0.717, 1.165) is 31.2 Å². The third-order valence-corrected chi connectivity index (χ3v) is 5.31. The van der Waals surface area contributed by atoms with Crippen LogP contribution in [0.4, 0.5) is 0 Å². The predicted molar refractivity (Wildman–Crippen MR) is 101 cm³/mol. The Kier molecular flexibility index (Phi) is 7.13. The molecule has 1 aromatic rings. The van der Waals surface area contributed by atoms with Crippen LogP contribution in [0.25, 0.3) is 6.08 Å². The average molecular weight is 389 g/mol. The Labute approximate surface area is 164 Å². The summed E-state index contributed by atoms with van der Waals surface area (Å²) in [4.78, 5) is 28.2. The summed E-state index contributed by atoms with van der Waals surface area (Å²) in [7, 11) is 0. The molecule has 1 aliphatic heterocycles. The zero-order valence-electron chi connectivity index (χ0n) is 15.9. The highest BCUT2D eigenvalue weighted by atomic mass is 16.5. The van der Waals surface area contributed by atoms with Crippen molar-refractivity contribution < 1.29 is 24.3 Å². The van der Waals surface area contributed by atoms with Crippen LogP contribution in [-0.4, -0.2) is 46.9 Å². The van der Waals surface area contributed by atoms with Crippen molar-refractivity contribution in [2.45, 2.75) is 56.7 Å². The summed E-state index contributed by atoms with van der Waals surface area (Å²) < 4.78 is 11.2. The van der Waals surface area contributed by atoms with Gasteiger partial charge in [-0.2, -0.15) is 0 Å². The number of nitrogens with zero attached hydrogens (tertiary/aromatic N) is 1. The summed E-state index contributed by atoms with van der Waals surface area (Å²) in [5.41, 5.74) is 2.31. The van der Waals surface area contributed by atoms with Crippen LogP contribution >= 0.6 is 0 Å². The highest BCUT2D eigenvalue weighted by Gasteiger charge is 2.42. The summed E-state index contributed by atoms with van der Waals surface area (Å²) >= 11 is 0. The Bertz CT molecular complexity index is 692. The number of hydroxylamine groups is 1. The first kappa shape index (κ1) is 20.4. The number of ether oxygens (including phenoxy) is 2. The predicted octanol–water partition coefficient (Wildman–Crippen LogP) is 1.72. The number of nitrogens with one attached hydrogen (secondary N) is 2. The van der Waals surface area contributed by atoms with Crippen LogP contribution in [0.3, 0.4) is 0 Å². The molecule has 28 heavy (non-hydrogen) atoms. The maximum absolute atomic E-state index is 12.9. The summed E-state index contributed by atoms with van der Waals surface area (Å²) in [6.07, 6.45) is 9.74. The van der Waals surface area contributed by atoms with E-state index in [1.807, 2.05) is 6.07 Å². The highest BCUT2D eigenvalue weighted by molar-refractivity contribution is 5.90. The second-order valence-electron chi connectivity index (χ2n) is 7.26. The minimum Gasteiger partial charge on any atom is -0.461 e. The van der Waals surface area contributed by atoms with Gasteiger partial charge in [-0.1, -0.05) is 6.07 Å². The van der Waals surface area contributed by atoms with Gasteiger partial charge in [-0.05, 0) is 56.2 Å². The Morgan fingerprint density at radius 3 is 2.68 bits per heavy atom. The number of hydrogen-bond acceptors (Lipinski definition) is 7. The Hall–Kier alpha value is -2.29. The average Bonchev–Trinajstić information content (AvgIpc) is 3.25. The molecule has 3 N–H and O–H groups in total. The Morgan fingerprint density at radius 1 is 1.29 bits per heavy atom. The molecule has 1 aliphatic carbocycles. The summed E-state index contributed by atoms with van der Waals surface area (Å²) in [5, 5.41) is 11.9. The fourth-order valence-corrected chi connectivity index (χ4v) is 3.55. The molecular formula is C20H27N3O5. The van der Waals surface area contributed by atoms with Crippen LogP contribution in [0.1, 0.15) is 49.8 Å². The van der Waals surface area contributed by atoms with E-state index >= 15 is 0 Å². The molecular weight excluding hydrogens is 362 g/mol. The van der Waals surface area contributed by atoms with E-state index in [2.05, 4.69) is 10.3 Å². The van der Waals surface area contributed by atoms with Crippen molar-refractivity contribution in [3.05, 3.63) is 35.7 Å². The third-order valence-electron chi connectivity index (χ3n) is 5.31. The van der Waals surface area contributed by atoms with Crippen LogP contribution < -0.4 is 10.8 Å². The van der Waals surface area contributed by atoms with E-state index in [1.54, 1.807) is 12.3 Å². The lowest BCUT2D eigenvalue weighted by Crippen LogP contribution is -2.56. The minimum absolute atomic E-state index is 0.0397. The zero-order valence-corrected chi connectivity index (χ0v) is 15.9. The van der Waals surface area contributed by atoms with Gasteiger partial charge in [0.1, 0.15) is 11.6 Å². The molecule has 2 fully saturated rings. The van der Waals surface area contributed by atoms with Gasteiger partial charge in [-0.25, -0.2) is 5.48 Å². The molecule has 1 saturated carbocycles. The summed E-state index contributed by atoms with van der Waals surface area (Å²) in [5.74, 6) is -0.792. The SMILES string of the molecule is O=C(C=Cc1ccc(CNC2(C(=O)OC3CCCC3)CCOCC2)cn1)NO. The molecule has 1 aromatic heterocycles. The Balaban J connectivity index is 1.60. The lowest BCUT2D eigenvalue weighted by molar-refractivity contribution is -0.161. The molecule has 0 radical (unpaired) electrons. The molecule has 152 valence electrons. The maximum Gasteiger partial charge on any atom is 0.326 e. The van der Waals surface area contributed by atoms with Crippen molar-refractivity contribution >= 4 is 18.0 Å². The molecule has 2 heterocycles. The summed E-state index contributed by atoms with van der Waals surface area (Å²) in [6.45, 7) is 1.54. The van der Waals surface area contributed by atoms with Crippen LogP contribution in [-0.2, 0) is 25.6 Å². The topological polar surface area (TPSA) is 110 Å². The molecule has 1 amide bonds. The van der Waals surface area contributed by atoms with Crippen LogP contribution in [0.15, 0.2) is 24.4 Å². The standard InChI is InChI=1S/C20H27N3O5/c24-18(23-26)8-7-16-6-5-15(13-21-16)14-22-20(9-11-27-12-10-20)19(25)28-17-3-1-2-4-17/h5-8,13,17,22,26H,1-4,9-12,14H2,(H,23,24). The lowest BCUT2D eigenvalue weighted by atomic mass is 9.89. The first-order valence-corrected chi connectivity index (χ1v) is 9.72. The second kappa shape index (κ2) is 9.77. The molecule has 1 saturated heterocycles. The normalized spacial score (nSPS) is 19.6. The number of hydrogen-bond donors (Lipinski definition) is 3. The summed E-state index contributed by atoms with van der Waals surface area (Å²) in [6, 6.07) is 3.65. The van der Waals surface area contributed by atoms with Crippen molar-refractivity contribution in [2.24, 2.45) is 0 Å². The number of pyridine rings is 1. The first-order chi connectivity index (χ1) is 13.6. The molecule has 8 nitrogen and oxygen atoms in total. The van der Waals surface area contributed by atoms with E-state index in [-0.39, 0.29) is 12.1 Å². The van der Waals surface area contributed by atoms with E-state index in [0.29, 0.717) is 38.3 Å². The van der Waals surface area contributed by atoms with Crippen molar-refractivity contribution in [1.82, 2.24) is 15.8 Å². The van der Waals surface area contributed by atoms with Crippen LogP contribution in [0.2, 0.25) is 0 Å². The van der Waals surface area contributed by atoms with Gasteiger partial charge in [-0.3, -0.25) is 25.1 Å². The lowest BCUT2D eigenvalue weighted by Gasteiger charge is -2.36. The number of carbonyl (C=O) groups excluding carboxylic acids is 2. The van der Waals surface area contributed by atoms with E-state index in [9.17, 15) is 9.59 Å². The quantitative estimate of drug-likeness (QED) is 0.282. The fraction of sp³-hybridized carbons (Fsp3) is 0.550. The molecule has 3 rings (SSSR count). The van der Waals surface area contributed by atoms with Gasteiger partial charge in [-0.15, -0.1) is 0 Å². The van der Waals surface area contributed by atoms with Crippen LogP contribution in [0, 0.1) is 0 Å². The van der Waals surface area contributed by atoms with E-state index in [1.165, 1.54) is 17.6 Å². The number of aromatic nitrogens is 1. The zero-order chi connectivity index (χ0) is 19.8. The van der Waals surface area contributed by atoms with Gasteiger partial charge >= 0.3 is 5.97 Å². The fourth-order valence-electron chi connectivity index (χ4n) is 3.55. The van der Waals surface area contributed by atoms with Gasteiger partial charge in [0.2, 0.25) is 0 Å². The first-order valence-electron chi connectivity index (χ1n) is 9.72. The van der Waals surface area contributed by atoms with Crippen molar-refractivity contribution in [3.8, 4) is 0 Å². The van der Waals surface area contributed by atoms with Crippen molar-refractivity contribution in [1.29, 1.82) is 0 Å². The minimum atomic E-state index is -0.724. The monoisotopic (exact) mass is 389 g/mol. The molecule has 8 heteroatoms. The highest BCUT2D eigenvalue weighted by Crippen LogP contribution is 2.27.